The maximum absolute atomic E-state index is 13.2. The van der Waals surface area contributed by atoms with Gasteiger partial charge in [-0.1, -0.05) is 49.4 Å². The Labute approximate surface area is 216 Å². The standard InChI is InChI=1S/C28H29N5O3S/c1-19-17-28(2,3)33(18-19)26-22(12-8-16-29-26)27(34)32-37(35,36)25-15-7-14-24(31-25)30-23-13-6-10-20-9-4-5-11-21(20)23/h4-16,19H,17-18H2,1-3H3,(H,30,31)(H,32,34). The molecule has 37 heavy (non-hydrogen) atoms. The highest BCUT2D eigenvalue weighted by Crippen LogP contribution is 2.37. The van der Waals surface area contributed by atoms with Gasteiger partial charge in [0.1, 0.15) is 11.6 Å². The van der Waals surface area contributed by atoms with E-state index in [1.807, 2.05) is 42.5 Å². The van der Waals surface area contributed by atoms with Crippen LogP contribution in [0.15, 0.2) is 84.0 Å². The van der Waals surface area contributed by atoms with Crippen molar-refractivity contribution in [3.63, 3.8) is 0 Å². The molecule has 9 heteroatoms. The summed E-state index contributed by atoms with van der Waals surface area (Å²) in [6.07, 6.45) is 2.56. The number of nitrogens with zero attached hydrogens (tertiary/aromatic N) is 3. The molecule has 2 aromatic heterocycles. The van der Waals surface area contributed by atoms with Crippen LogP contribution in [0.3, 0.4) is 0 Å². The van der Waals surface area contributed by atoms with Gasteiger partial charge >= 0.3 is 0 Å². The predicted molar refractivity (Wildman–Crippen MR) is 146 cm³/mol. The highest BCUT2D eigenvalue weighted by Gasteiger charge is 2.39. The second-order valence-corrected chi connectivity index (χ2v) is 11.7. The smallest absolute Gasteiger partial charge is 0.281 e. The summed E-state index contributed by atoms with van der Waals surface area (Å²) in [6, 6.07) is 21.5. The van der Waals surface area contributed by atoms with E-state index in [1.54, 1.807) is 30.5 Å². The molecule has 0 bridgehead atoms. The molecule has 0 radical (unpaired) electrons. The fourth-order valence-electron chi connectivity index (χ4n) is 5.08. The topological polar surface area (TPSA) is 104 Å². The van der Waals surface area contributed by atoms with Crippen LogP contribution in [0.1, 0.15) is 37.6 Å². The molecule has 2 N–H and O–H groups in total. The van der Waals surface area contributed by atoms with Gasteiger partial charge in [0.05, 0.1) is 5.56 Å². The van der Waals surface area contributed by atoms with Crippen molar-refractivity contribution < 1.29 is 13.2 Å². The molecule has 1 saturated heterocycles. The molecule has 3 heterocycles. The molecular formula is C28H29N5O3S. The van der Waals surface area contributed by atoms with Crippen molar-refractivity contribution in [1.29, 1.82) is 0 Å². The van der Waals surface area contributed by atoms with Crippen LogP contribution in [0, 0.1) is 5.92 Å². The van der Waals surface area contributed by atoms with Gasteiger partial charge in [-0.25, -0.2) is 14.7 Å². The van der Waals surface area contributed by atoms with Gasteiger partial charge in [-0.3, -0.25) is 4.79 Å². The zero-order valence-corrected chi connectivity index (χ0v) is 21.8. The number of carbonyl (C=O) groups excluding carboxylic acids is 1. The third-order valence-electron chi connectivity index (χ3n) is 6.64. The first kappa shape index (κ1) is 24.7. The first-order chi connectivity index (χ1) is 17.6. The Bertz CT molecular complexity index is 1580. The summed E-state index contributed by atoms with van der Waals surface area (Å²) in [5.41, 5.74) is 0.801. The monoisotopic (exact) mass is 515 g/mol. The molecular weight excluding hydrogens is 486 g/mol. The maximum Gasteiger partial charge on any atom is 0.281 e. The van der Waals surface area contributed by atoms with Gasteiger partial charge in [-0.05, 0) is 61.9 Å². The average Bonchev–Trinajstić information content (AvgIpc) is 3.15. The van der Waals surface area contributed by atoms with Gasteiger partial charge < -0.3 is 10.2 Å². The second-order valence-electron chi connectivity index (χ2n) is 10.1. The molecule has 1 amide bonds. The summed E-state index contributed by atoms with van der Waals surface area (Å²) in [5, 5.41) is 4.97. The van der Waals surface area contributed by atoms with Crippen molar-refractivity contribution in [3.8, 4) is 0 Å². The van der Waals surface area contributed by atoms with Gasteiger partial charge in [0.15, 0.2) is 5.03 Å². The molecule has 5 rings (SSSR count). The fraction of sp³-hybridized carbons (Fsp3) is 0.250. The third-order valence-corrected chi connectivity index (χ3v) is 7.87. The number of nitrogens with one attached hydrogen (secondary N) is 2. The van der Waals surface area contributed by atoms with Gasteiger partial charge in [-0.15, -0.1) is 0 Å². The zero-order chi connectivity index (χ0) is 26.2. The van der Waals surface area contributed by atoms with Crippen LogP contribution in [0.25, 0.3) is 10.8 Å². The lowest BCUT2D eigenvalue weighted by atomic mass is 9.97. The van der Waals surface area contributed by atoms with Crippen LogP contribution in [-0.4, -0.2) is 36.4 Å². The van der Waals surface area contributed by atoms with E-state index < -0.39 is 15.9 Å². The fourth-order valence-corrected chi connectivity index (χ4v) is 6.02. The molecule has 1 aliphatic rings. The number of pyridine rings is 2. The number of aromatic nitrogens is 2. The molecule has 8 nitrogen and oxygen atoms in total. The lowest BCUT2D eigenvalue weighted by molar-refractivity contribution is 0.0981. The van der Waals surface area contributed by atoms with E-state index in [4.69, 9.17) is 0 Å². The third kappa shape index (κ3) is 4.99. The lowest BCUT2D eigenvalue weighted by Gasteiger charge is -2.33. The van der Waals surface area contributed by atoms with Crippen molar-refractivity contribution in [3.05, 3.63) is 84.6 Å². The number of fused-ring (bicyclic) bond motifs is 1. The Morgan fingerprint density at radius 2 is 1.76 bits per heavy atom. The number of amides is 1. The number of sulfonamides is 1. The quantitative estimate of drug-likeness (QED) is 0.367. The van der Waals surface area contributed by atoms with E-state index >= 15 is 0 Å². The second kappa shape index (κ2) is 9.48. The minimum absolute atomic E-state index is 0.204. The molecule has 1 aliphatic heterocycles. The van der Waals surface area contributed by atoms with E-state index in [0.717, 1.165) is 29.4 Å². The van der Waals surface area contributed by atoms with Gasteiger partial charge in [0.2, 0.25) is 0 Å². The number of hydrogen-bond acceptors (Lipinski definition) is 7. The molecule has 0 spiro atoms. The lowest BCUT2D eigenvalue weighted by Crippen LogP contribution is -2.41. The van der Waals surface area contributed by atoms with Crippen molar-refractivity contribution in [2.75, 3.05) is 16.8 Å². The van der Waals surface area contributed by atoms with Crippen molar-refractivity contribution in [1.82, 2.24) is 14.7 Å². The van der Waals surface area contributed by atoms with Crippen LogP contribution >= 0.6 is 0 Å². The van der Waals surface area contributed by atoms with Crippen LogP contribution in [0.5, 0.6) is 0 Å². The minimum Gasteiger partial charge on any atom is -0.351 e. The summed E-state index contributed by atoms with van der Waals surface area (Å²) in [6.45, 7) is 7.09. The van der Waals surface area contributed by atoms with Gasteiger partial charge in [-0.2, -0.15) is 8.42 Å². The normalized spacial score (nSPS) is 17.1. The summed E-state index contributed by atoms with van der Waals surface area (Å²) in [7, 11) is -4.24. The van der Waals surface area contributed by atoms with Gasteiger partial charge in [0, 0.05) is 29.4 Å². The van der Waals surface area contributed by atoms with Crippen LogP contribution in [0.2, 0.25) is 0 Å². The summed E-state index contributed by atoms with van der Waals surface area (Å²) in [4.78, 5) is 24.0. The first-order valence-corrected chi connectivity index (χ1v) is 13.6. The molecule has 2 aromatic carbocycles. The van der Waals surface area contributed by atoms with Crippen LogP contribution < -0.4 is 14.9 Å². The van der Waals surface area contributed by atoms with Crippen molar-refractivity contribution in [2.24, 2.45) is 5.92 Å². The van der Waals surface area contributed by atoms with E-state index in [9.17, 15) is 13.2 Å². The Hall–Kier alpha value is -3.98. The summed E-state index contributed by atoms with van der Waals surface area (Å²) in [5.74, 6) is 0.510. The number of hydrogen-bond donors (Lipinski definition) is 2. The van der Waals surface area contributed by atoms with E-state index in [2.05, 4.69) is 45.7 Å². The average molecular weight is 516 g/mol. The van der Waals surface area contributed by atoms with E-state index in [1.165, 1.54) is 6.07 Å². The SMILES string of the molecule is CC1CN(c2ncccc2C(=O)NS(=O)(=O)c2cccc(Nc3cccc4ccccc34)n2)C(C)(C)C1. The number of carbonyl (C=O) groups is 1. The van der Waals surface area contributed by atoms with Crippen molar-refractivity contribution in [2.45, 2.75) is 37.8 Å². The maximum atomic E-state index is 13.2. The highest BCUT2D eigenvalue weighted by molar-refractivity contribution is 7.90. The molecule has 1 atom stereocenters. The predicted octanol–water partition coefficient (Wildman–Crippen LogP) is 5.12. The molecule has 0 saturated carbocycles. The molecule has 4 aromatic rings. The highest BCUT2D eigenvalue weighted by atomic mass is 32.2. The van der Waals surface area contributed by atoms with Gasteiger partial charge in [0.25, 0.3) is 15.9 Å². The van der Waals surface area contributed by atoms with Crippen molar-refractivity contribution >= 4 is 44.0 Å². The Morgan fingerprint density at radius 3 is 2.54 bits per heavy atom. The largest absolute Gasteiger partial charge is 0.351 e. The molecule has 190 valence electrons. The summed E-state index contributed by atoms with van der Waals surface area (Å²) < 4.78 is 28.6. The van der Waals surface area contributed by atoms with Crippen LogP contribution in [-0.2, 0) is 10.0 Å². The molecule has 1 unspecified atom stereocenters. The minimum atomic E-state index is -4.24. The Kier molecular flexibility index (Phi) is 6.33. The van der Waals surface area contributed by atoms with E-state index in [0.29, 0.717) is 17.6 Å². The summed E-state index contributed by atoms with van der Waals surface area (Å²) >= 11 is 0. The molecule has 0 aliphatic carbocycles. The first-order valence-electron chi connectivity index (χ1n) is 12.2. The van der Waals surface area contributed by atoms with E-state index in [-0.39, 0.29) is 16.1 Å². The zero-order valence-electron chi connectivity index (χ0n) is 21.0. The number of rotatable bonds is 6. The number of anilines is 3. The number of benzene rings is 2. The Balaban J connectivity index is 1.40. The van der Waals surface area contributed by atoms with Crippen LogP contribution in [0.4, 0.5) is 17.3 Å². The molecule has 1 fully saturated rings. The Morgan fingerprint density at radius 1 is 1.00 bits per heavy atom.